The van der Waals surface area contributed by atoms with Gasteiger partial charge in [0, 0.05) is 38.9 Å². The second kappa shape index (κ2) is 14.6. The van der Waals surface area contributed by atoms with Crippen LogP contribution in [0.25, 0.3) is 104 Å². The van der Waals surface area contributed by atoms with Crippen LogP contribution in [0.1, 0.15) is 0 Å². The quantitative estimate of drug-likeness (QED) is 0.152. The fourth-order valence-corrected chi connectivity index (χ4v) is 10.3. The van der Waals surface area contributed by atoms with Crippen molar-refractivity contribution in [2.24, 2.45) is 0 Å². The Hall–Kier alpha value is -8.46. The molecule has 2 nitrogen and oxygen atoms in total. The van der Waals surface area contributed by atoms with E-state index in [1.807, 2.05) is 0 Å². The average Bonchev–Trinajstić information content (AvgIpc) is 3.72. The third kappa shape index (κ3) is 5.81. The summed E-state index contributed by atoms with van der Waals surface area (Å²) in [5, 5.41) is 15.0. The normalized spacial score (nSPS) is 11.8. The molecule has 0 saturated carbocycles. The van der Waals surface area contributed by atoms with Crippen molar-refractivity contribution in [3.63, 3.8) is 0 Å². The van der Waals surface area contributed by atoms with E-state index >= 15 is 0 Å². The summed E-state index contributed by atoms with van der Waals surface area (Å²) in [5.74, 6) is 0. The van der Waals surface area contributed by atoms with Crippen LogP contribution in [0.15, 0.2) is 243 Å². The summed E-state index contributed by atoms with van der Waals surface area (Å²) < 4.78 is 2.45. The number of anilines is 3. The molecule has 298 valence electrons. The van der Waals surface area contributed by atoms with E-state index in [4.69, 9.17) is 0 Å². The van der Waals surface area contributed by atoms with Gasteiger partial charge in [0.25, 0.3) is 0 Å². The number of aromatic nitrogens is 1. The van der Waals surface area contributed by atoms with E-state index in [1.165, 1.54) is 97.9 Å². The first-order chi connectivity index (χ1) is 31.7. The molecule has 0 aliphatic rings. The van der Waals surface area contributed by atoms with Crippen molar-refractivity contribution in [1.29, 1.82) is 0 Å². The van der Waals surface area contributed by atoms with Crippen LogP contribution in [0, 0.1) is 0 Å². The predicted molar refractivity (Wildman–Crippen MR) is 274 cm³/mol. The monoisotopic (exact) mass is 812 g/mol. The zero-order valence-electron chi connectivity index (χ0n) is 35.0. The number of hydrogen-bond acceptors (Lipinski definition) is 1. The number of para-hydroxylation sites is 2. The maximum Gasteiger partial charge on any atom is 0.0625 e. The second-order valence-corrected chi connectivity index (χ2v) is 16.9. The van der Waals surface area contributed by atoms with E-state index in [0.717, 1.165) is 22.7 Å². The van der Waals surface area contributed by atoms with E-state index in [9.17, 15) is 0 Å². The zero-order chi connectivity index (χ0) is 42.1. The molecule has 0 aliphatic carbocycles. The molecule has 12 aromatic carbocycles. The van der Waals surface area contributed by atoms with Crippen molar-refractivity contribution < 1.29 is 0 Å². The predicted octanol–water partition coefficient (Wildman–Crippen LogP) is 17.4. The summed E-state index contributed by atoms with van der Waals surface area (Å²) in [6, 6.07) is 89.2. The molecule has 0 fully saturated rings. The van der Waals surface area contributed by atoms with Gasteiger partial charge in [0.1, 0.15) is 0 Å². The Balaban J connectivity index is 0.995. The highest BCUT2D eigenvalue weighted by atomic mass is 15.1. The maximum atomic E-state index is 2.45. The van der Waals surface area contributed by atoms with Gasteiger partial charge in [0.15, 0.2) is 0 Å². The van der Waals surface area contributed by atoms with Gasteiger partial charge in [-0.15, -0.1) is 0 Å². The van der Waals surface area contributed by atoms with Crippen molar-refractivity contribution in [2.75, 3.05) is 4.90 Å². The highest BCUT2D eigenvalue weighted by Crippen LogP contribution is 2.45. The van der Waals surface area contributed by atoms with E-state index in [0.29, 0.717) is 0 Å². The van der Waals surface area contributed by atoms with Crippen molar-refractivity contribution in [3.05, 3.63) is 243 Å². The Bertz CT molecular complexity index is 3950. The van der Waals surface area contributed by atoms with Gasteiger partial charge in [-0.25, -0.2) is 0 Å². The summed E-state index contributed by atoms with van der Waals surface area (Å²) >= 11 is 0. The van der Waals surface area contributed by atoms with Gasteiger partial charge in [-0.2, -0.15) is 0 Å². The molecule has 0 atom stereocenters. The van der Waals surface area contributed by atoms with E-state index < -0.39 is 0 Å². The molecule has 13 aromatic rings. The lowest BCUT2D eigenvalue weighted by Gasteiger charge is -2.27. The van der Waals surface area contributed by atoms with Gasteiger partial charge >= 0.3 is 0 Å². The molecule has 0 bridgehead atoms. The van der Waals surface area contributed by atoms with Crippen LogP contribution in [-0.4, -0.2) is 4.57 Å². The van der Waals surface area contributed by atoms with Gasteiger partial charge in [0.05, 0.1) is 11.0 Å². The first-order valence-electron chi connectivity index (χ1n) is 22.1. The van der Waals surface area contributed by atoms with Gasteiger partial charge in [0.2, 0.25) is 0 Å². The third-order valence-corrected chi connectivity index (χ3v) is 13.3. The maximum absolute atomic E-state index is 2.45. The minimum absolute atomic E-state index is 1.09. The molecule has 0 saturated heterocycles. The molecule has 1 heterocycles. The smallest absolute Gasteiger partial charge is 0.0625 e. The van der Waals surface area contributed by atoms with Gasteiger partial charge in [-0.05, 0) is 137 Å². The zero-order valence-corrected chi connectivity index (χ0v) is 35.0. The van der Waals surface area contributed by atoms with Crippen LogP contribution in [0.2, 0.25) is 0 Å². The van der Waals surface area contributed by atoms with Crippen LogP contribution < -0.4 is 4.90 Å². The first-order valence-corrected chi connectivity index (χ1v) is 22.1. The highest BCUT2D eigenvalue weighted by Gasteiger charge is 2.21. The Kier molecular flexibility index (Phi) is 8.25. The largest absolute Gasteiger partial charge is 0.310 e. The van der Waals surface area contributed by atoms with Crippen LogP contribution in [0.3, 0.4) is 0 Å². The van der Waals surface area contributed by atoms with Crippen LogP contribution in [0.4, 0.5) is 17.1 Å². The van der Waals surface area contributed by atoms with Crippen LogP contribution in [-0.2, 0) is 0 Å². The minimum atomic E-state index is 1.09. The van der Waals surface area contributed by atoms with Gasteiger partial charge < -0.3 is 9.47 Å². The molecule has 0 N–H and O–H groups in total. The number of hydrogen-bond donors (Lipinski definition) is 0. The topological polar surface area (TPSA) is 8.17 Å². The molecule has 64 heavy (non-hydrogen) atoms. The summed E-state index contributed by atoms with van der Waals surface area (Å²) in [6.45, 7) is 0. The number of benzene rings is 12. The molecular formula is C62H40N2. The summed E-state index contributed by atoms with van der Waals surface area (Å²) in [7, 11) is 0. The van der Waals surface area contributed by atoms with E-state index in [1.54, 1.807) is 0 Å². The third-order valence-electron chi connectivity index (χ3n) is 13.3. The van der Waals surface area contributed by atoms with Crippen molar-refractivity contribution in [3.8, 4) is 27.9 Å². The van der Waals surface area contributed by atoms with E-state index in [-0.39, 0.29) is 0 Å². The minimum Gasteiger partial charge on any atom is -0.310 e. The van der Waals surface area contributed by atoms with Crippen LogP contribution in [0.5, 0.6) is 0 Å². The summed E-state index contributed by atoms with van der Waals surface area (Å²) in [6.07, 6.45) is 0. The van der Waals surface area contributed by atoms with Gasteiger partial charge in [-0.1, -0.05) is 176 Å². The fourth-order valence-electron chi connectivity index (χ4n) is 10.3. The lowest BCUT2D eigenvalue weighted by molar-refractivity contribution is 1.19. The molecule has 0 spiro atoms. The SMILES string of the molecule is c1ccc(-n2c3ccccc3c3c(-c4cccc(N(c5ccc(-c6ccc7c(ccc8ccccc87)c6)cc5)c5ccc6c(ccc7ccccc76)c5)c4)cc4ccccc4c32)cc1. The Morgan fingerprint density at radius 2 is 0.812 bits per heavy atom. The Labute approximate surface area is 371 Å². The molecule has 0 unspecified atom stereocenters. The fraction of sp³-hybridized carbons (Fsp3) is 0. The van der Waals surface area contributed by atoms with Crippen LogP contribution >= 0.6 is 0 Å². The molecule has 0 aliphatic heterocycles. The number of rotatable bonds is 6. The van der Waals surface area contributed by atoms with Crippen molar-refractivity contribution in [1.82, 2.24) is 4.57 Å². The molecular weight excluding hydrogens is 773 g/mol. The molecule has 1 aromatic heterocycles. The van der Waals surface area contributed by atoms with Crippen molar-refractivity contribution in [2.45, 2.75) is 0 Å². The van der Waals surface area contributed by atoms with E-state index in [2.05, 4.69) is 252 Å². The summed E-state index contributed by atoms with van der Waals surface area (Å²) in [4.78, 5) is 2.42. The summed E-state index contributed by atoms with van der Waals surface area (Å²) in [5.41, 5.74) is 11.6. The lowest BCUT2D eigenvalue weighted by Crippen LogP contribution is -2.10. The number of nitrogens with zero attached hydrogens (tertiary/aromatic N) is 2. The van der Waals surface area contributed by atoms with Gasteiger partial charge in [-0.3, -0.25) is 0 Å². The van der Waals surface area contributed by atoms with Crippen molar-refractivity contribution >= 4 is 92.7 Å². The molecule has 13 rings (SSSR count). The lowest BCUT2D eigenvalue weighted by atomic mass is 9.94. The molecule has 2 heteroatoms. The standard InChI is InChI=1S/C62H40N2/c1-2-17-49(18-3-1)64-60-24-11-10-23-58(60)61-59(40-46-15-6-9-22-57(46)62(61)64)45-16-12-19-51(38-45)63(52-34-36-56-48(39-52)28-26-43-14-5-8-21-54(43)56)50-32-29-41(30-33-50)44-31-35-55-47(37-44)27-25-42-13-4-7-20-53(42)55/h1-40H. The number of fused-ring (bicyclic) bond motifs is 11. The average molecular weight is 813 g/mol. The Morgan fingerprint density at radius 1 is 0.281 bits per heavy atom. The molecule has 0 radical (unpaired) electrons. The molecule has 0 amide bonds. The Morgan fingerprint density at radius 3 is 1.56 bits per heavy atom. The first kappa shape index (κ1) is 36.2. The second-order valence-electron chi connectivity index (χ2n) is 16.9. The highest BCUT2D eigenvalue weighted by molar-refractivity contribution is 6.24.